The van der Waals surface area contributed by atoms with E-state index >= 15 is 0 Å². The number of thiazole rings is 1. The normalized spacial score (nSPS) is 10.6. The first-order chi connectivity index (χ1) is 11.6. The lowest BCUT2D eigenvalue weighted by molar-refractivity contribution is 0.180. The molecule has 5 nitrogen and oxygen atoms in total. The molecule has 24 heavy (non-hydrogen) atoms. The Morgan fingerprint density at radius 2 is 2.04 bits per heavy atom. The summed E-state index contributed by atoms with van der Waals surface area (Å²) in [5.41, 5.74) is 2.71. The van der Waals surface area contributed by atoms with E-state index in [4.69, 9.17) is 9.47 Å². The van der Waals surface area contributed by atoms with Crippen molar-refractivity contribution in [2.24, 2.45) is 0 Å². The minimum Gasteiger partial charge on any atom is -0.486 e. The third kappa shape index (κ3) is 3.33. The zero-order valence-corrected chi connectivity index (χ0v) is 14.6. The molecule has 1 aromatic heterocycles. The number of aromatic nitrogens is 1. The van der Waals surface area contributed by atoms with Gasteiger partial charge in [0.25, 0.3) is 0 Å². The van der Waals surface area contributed by atoms with Gasteiger partial charge >= 0.3 is 6.09 Å². The van der Waals surface area contributed by atoms with Gasteiger partial charge in [-0.25, -0.2) is 9.78 Å². The van der Waals surface area contributed by atoms with Crippen molar-refractivity contribution in [2.45, 2.75) is 13.5 Å². The number of ether oxygens (including phenoxy) is 2. The highest BCUT2D eigenvalue weighted by Gasteiger charge is 2.13. The lowest BCUT2D eigenvalue weighted by Crippen LogP contribution is -2.26. The first kappa shape index (κ1) is 16.3. The van der Waals surface area contributed by atoms with Crippen LogP contribution in [0.5, 0.6) is 5.75 Å². The number of anilines is 1. The van der Waals surface area contributed by atoms with Gasteiger partial charge in [-0.1, -0.05) is 12.1 Å². The summed E-state index contributed by atoms with van der Waals surface area (Å²) in [4.78, 5) is 17.6. The Balaban J connectivity index is 1.71. The number of amides is 1. The molecule has 1 heterocycles. The van der Waals surface area contributed by atoms with E-state index in [-0.39, 0.29) is 0 Å². The number of nitrogens with zero attached hydrogens (tertiary/aromatic N) is 2. The molecule has 0 atom stereocenters. The molecule has 2 aromatic carbocycles. The molecule has 3 rings (SSSR count). The van der Waals surface area contributed by atoms with E-state index < -0.39 is 6.09 Å². The number of fused-ring (bicyclic) bond motifs is 1. The lowest BCUT2D eigenvalue weighted by atomic mass is 10.2. The van der Waals surface area contributed by atoms with Crippen molar-refractivity contribution >= 4 is 33.3 Å². The van der Waals surface area contributed by atoms with Crippen LogP contribution in [0.1, 0.15) is 10.6 Å². The minimum absolute atomic E-state index is 0.402. The van der Waals surface area contributed by atoms with Gasteiger partial charge < -0.3 is 9.47 Å². The Labute approximate surface area is 144 Å². The number of carbonyl (C=O) groups is 1. The number of hydrogen-bond acceptors (Lipinski definition) is 5. The molecule has 0 spiro atoms. The summed E-state index contributed by atoms with van der Waals surface area (Å²) < 4.78 is 11.7. The molecule has 0 aliphatic heterocycles. The summed E-state index contributed by atoms with van der Waals surface area (Å²) in [6.45, 7) is 2.35. The molecule has 0 unspecified atom stereocenters. The van der Waals surface area contributed by atoms with Crippen LogP contribution >= 0.6 is 11.3 Å². The topological polar surface area (TPSA) is 51.7 Å². The molecular formula is C18H18N2O3S. The molecule has 0 saturated carbocycles. The molecule has 0 aliphatic carbocycles. The van der Waals surface area contributed by atoms with Gasteiger partial charge in [-0.2, -0.15) is 0 Å². The average molecular weight is 342 g/mol. The van der Waals surface area contributed by atoms with Crippen molar-refractivity contribution in [3.8, 4) is 5.75 Å². The molecule has 0 bridgehead atoms. The SMILES string of the molecule is COC(=O)N(C)c1ccc(OCc2nc3ccccc3s2)cc1C. The van der Waals surface area contributed by atoms with Gasteiger partial charge in [-0.15, -0.1) is 11.3 Å². The maximum atomic E-state index is 11.6. The van der Waals surface area contributed by atoms with Crippen molar-refractivity contribution in [3.05, 3.63) is 53.0 Å². The van der Waals surface area contributed by atoms with Crippen LogP contribution in [0.4, 0.5) is 10.5 Å². The summed E-state index contributed by atoms with van der Waals surface area (Å²) in [5.74, 6) is 0.744. The zero-order valence-electron chi connectivity index (χ0n) is 13.8. The summed E-state index contributed by atoms with van der Waals surface area (Å²) in [5, 5.41) is 0.935. The number of carbonyl (C=O) groups excluding carboxylic acids is 1. The van der Waals surface area contributed by atoms with Crippen LogP contribution in [-0.2, 0) is 11.3 Å². The smallest absolute Gasteiger partial charge is 0.413 e. The van der Waals surface area contributed by atoms with Gasteiger partial charge in [0.2, 0.25) is 0 Å². The highest BCUT2D eigenvalue weighted by atomic mass is 32.1. The number of para-hydroxylation sites is 1. The molecule has 124 valence electrons. The van der Waals surface area contributed by atoms with Crippen molar-refractivity contribution in [2.75, 3.05) is 19.1 Å². The highest BCUT2D eigenvalue weighted by molar-refractivity contribution is 7.18. The van der Waals surface area contributed by atoms with E-state index in [0.29, 0.717) is 6.61 Å². The first-order valence-electron chi connectivity index (χ1n) is 7.48. The first-order valence-corrected chi connectivity index (χ1v) is 8.29. The van der Waals surface area contributed by atoms with Crippen LogP contribution in [0, 0.1) is 6.92 Å². The second-order valence-electron chi connectivity index (χ2n) is 5.34. The monoisotopic (exact) mass is 342 g/mol. The number of aryl methyl sites for hydroxylation is 1. The fourth-order valence-electron chi connectivity index (χ4n) is 2.46. The lowest BCUT2D eigenvalue weighted by Gasteiger charge is -2.18. The fraction of sp³-hybridized carbons (Fsp3) is 0.222. The minimum atomic E-state index is -0.402. The summed E-state index contributed by atoms with van der Waals surface area (Å²) >= 11 is 1.63. The van der Waals surface area contributed by atoms with Gasteiger partial charge in [-0.3, -0.25) is 4.90 Å². The van der Waals surface area contributed by atoms with Crippen LogP contribution in [0.15, 0.2) is 42.5 Å². The second-order valence-corrected chi connectivity index (χ2v) is 6.46. The van der Waals surface area contributed by atoms with Gasteiger partial charge in [0.15, 0.2) is 0 Å². The molecule has 6 heteroatoms. The number of methoxy groups -OCH3 is 1. The maximum Gasteiger partial charge on any atom is 0.413 e. The Bertz CT molecular complexity index is 843. The van der Waals surface area contributed by atoms with E-state index in [1.165, 1.54) is 12.0 Å². The van der Waals surface area contributed by atoms with Gasteiger partial charge in [0.05, 0.1) is 17.3 Å². The third-order valence-corrected chi connectivity index (χ3v) is 4.69. The third-order valence-electron chi connectivity index (χ3n) is 3.68. The highest BCUT2D eigenvalue weighted by Crippen LogP contribution is 2.26. The zero-order chi connectivity index (χ0) is 17.1. The number of hydrogen-bond donors (Lipinski definition) is 0. The quantitative estimate of drug-likeness (QED) is 0.706. The summed E-state index contributed by atoms with van der Waals surface area (Å²) in [6.07, 6.45) is -0.402. The second kappa shape index (κ2) is 6.88. The largest absolute Gasteiger partial charge is 0.486 e. The predicted molar refractivity (Wildman–Crippen MR) is 95.9 cm³/mol. The number of rotatable bonds is 4. The molecule has 0 saturated heterocycles. The van der Waals surface area contributed by atoms with Crippen molar-refractivity contribution in [3.63, 3.8) is 0 Å². The van der Waals surface area contributed by atoms with E-state index in [9.17, 15) is 4.79 Å². The maximum absolute atomic E-state index is 11.6. The number of benzene rings is 2. The molecular weight excluding hydrogens is 324 g/mol. The predicted octanol–water partition coefficient (Wildman–Crippen LogP) is 4.39. The van der Waals surface area contributed by atoms with Crippen LogP contribution in [-0.4, -0.2) is 25.2 Å². The Kier molecular flexibility index (Phi) is 4.66. The molecule has 1 amide bonds. The van der Waals surface area contributed by atoms with Gasteiger partial charge in [0, 0.05) is 12.7 Å². The van der Waals surface area contributed by atoms with Gasteiger partial charge in [0.1, 0.15) is 17.4 Å². The van der Waals surface area contributed by atoms with Crippen molar-refractivity contribution in [1.82, 2.24) is 4.98 Å². The molecule has 3 aromatic rings. The van der Waals surface area contributed by atoms with Gasteiger partial charge in [-0.05, 0) is 42.8 Å². The van der Waals surface area contributed by atoms with E-state index in [2.05, 4.69) is 11.1 Å². The summed E-state index contributed by atoms with van der Waals surface area (Å²) in [7, 11) is 3.04. The molecule has 0 N–H and O–H groups in total. The van der Waals surface area contributed by atoms with E-state index in [0.717, 1.165) is 32.2 Å². The molecule has 0 radical (unpaired) electrons. The average Bonchev–Trinajstić information content (AvgIpc) is 3.01. The van der Waals surface area contributed by atoms with E-state index in [1.54, 1.807) is 18.4 Å². The summed E-state index contributed by atoms with van der Waals surface area (Å²) in [6, 6.07) is 13.6. The van der Waals surface area contributed by atoms with Crippen molar-refractivity contribution < 1.29 is 14.3 Å². The van der Waals surface area contributed by atoms with Crippen LogP contribution in [0.3, 0.4) is 0 Å². The van der Waals surface area contributed by atoms with Crippen molar-refractivity contribution in [1.29, 1.82) is 0 Å². The molecule has 0 fully saturated rings. The van der Waals surface area contributed by atoms with E-state index in [1.807, 2.05) is 43.3 Å². The Morgan fingerprint density at radius 1 is 1.25 bits per heavy atom. The Morgan fingerprint density at radius 3 is 2.75 bits per heavy atom. The van der Waals surface area contributed by atoms with Crippen LogP contribution in [0.25, 0.3) is 10.2 Å². The van der Waals surface area contributed by atoms with Crippen LogP contribution < -0.4 is 9.64 Å². The van der Waals surface area contributed by atoms with Crippen LogP contribution in [0.2, 0.25) is 0 Å². The molecule has 0 aliphatic rings. The standard InChI is InChI=1S/C18H18N2O3S/c1-12-10-13(8-9-15(12)20(2)18(21)22-3)23-11-17-19-14-6-4-5-7-16(14)24-17/h4-10H,11H2,1-3H3. The fourth-order valence-corrected chi connectivity index (χ4v) is 3.34. The Hall–Kier alpha value is -2.60.